The summed E-state index contributed by atoms with van der Waals surface area (Å²) in [5.41, 5.74) is 0. The molecule has 2 heteroatoms. The van der Waals surface area contributed by atoms with Gasteiger partial charge in [0.25, 0.3) is 0 Å². The van der Waals surface area contributed by atoms with Crippen LogP contribution in [0.15, 0.2) is 0 Å². The van der Waals surface area contributed by atoms with Crippen LogP contribution in [0.3, 0.4) is 0 Å². The number of unbranched alkanes of at least 4 members (excludes halogenated alkanes) is 1. The lowest BCUT2D eigenvalue weighted by Crippen LogP contribution is -2.14. The maximum Gasteiger partial charge on any atom is 0.00595 e. The summed E-state index contributed by atoms with van der Waals surface area (Å²) in [6.45, 7) is 4.75. The third-order valence-electron chi connectivity index (χ3n) is 2.37. The lowest BCUT2D eigenvalue weighted by atomic mass is 10.2. The summed E-state index contributed by atoms with van der Waals surface area (Å²) in [6.07, 6.45) is 6.94. The van der Waals surface area contributed by atoms with E-state index in [1.54, 1.807) is 0 Å². The summed E-state index contributed by atoms with van der Waals surface area (Å²) < 4.78 is 0. The highest BCUT2D eigenvalue weighted by molar-refractivity contribution is 7.99. The Hall–Kier alpha value is 0.310. The van der Waals surface area contributed by atoms with Crippen LogP contribution in [0, 0.1) is 0 Å². The molecule has 1 N–H and O–H groups in total. The zero-order chi connectivity index (χ0) is 8.65. The summed E-state index contributed by atoms with van der Waals surface area (Å²) in [5, 5.41) is 4.40. The molecule has 0 aromatic carbocycles. The van der Waals surface area contributed by atoms with Gasteiger partial charge in [-0.1, -0.05) is 13.3 Å². The Morgan fingerprint density at radius 2 is 2.25 bits per heavy atom. The molecule has 0 radical (unpaired) electrons. The number of thioether (sulfide) groups is 1. The van der Waals surface area contributed by atoms with Gasteiger partial charge >= 0.3 is 0 Å². The van der Waals surface area contributed by atoms with Crippen LogP contribution >= 0.6 is 11.8 Å². The average molecular weight is 187 g/mol. The minimum atomic E-state index is 0.951. The van der Waals surface area contributed by atoms with E-state index < -0.39 is 0 Å². The summed E-state index contributed by atoms with van der Waals surface area (Å²) in [7, 11) is 0. The molecule has 1 unspecified atom stereocenters. The molecule has 72 valence electrons. The highest BCUT2D eigenvalue weighted by atomic mass is 32.2. The van der Waals surface area contributed by atoms with Gasteiger partial charge in [-0.25, -0.2) is 0 Å². The second kappa shape index (κ2) is 6.79. The normalized spacial score (nSPS) is 25.2. The molecule has 1 aliphatic rings. The van der Waals surface area contributed by atoms with Crippen LogP contribution in [0.1, 0.15) is 39.0 Å². The zero-order valence-electron chi connectivity index (χ0n) is 8.14. The first-order valence-corrected chi connectivity index (χ1v) is 6.30. The van der Waals surface area contributed by atoms with Gasteiger partial charge in [-0.15, -0.1) is 0 Å². The van der Waals surface area contributed by atoms with E-state index in [4.69, 9.17) is 0 Å². The molecule has 12 heavy (non-hydrogen) atoms. The van der Waals surface area contributed by atoms with E-state index in [-0.39, 0.29) is 0 Å². The molecule has 1 fully saturated rings. The van der Waals surface area contributed by atoms with E-state index in [1.807, 2.05) is 0 Å². The summed E-state index contributed by atoms with van der Waals surface area (Å²) >= 11 is 2.20. The van der Waals surface area contributed by atoms with Crippen molar-refractivity contribution in [3.05, 3.63) is 0 Å². The van der Waals surface area contributed by atoms with Crippen molar-refractivity contribution in [3.8, 4) is 0 Å². The number of hydrogen-bond donors (Lipinski definition) is 1. The first-order chi connectivity index (χ1) is 5.93. The molecule has 0 aromatic heterocycles. The van der Waals surface area contributed by atoms with Crippen molar-refractivity contribution >= 4 is 11.8 Å². The Morgan fingerprint density at radius 3 is 3.08 bits per heavy atom. The van der Waals surface area contributed by atoms with Gasteiger partial charge in [0.2, 0.25) is 0 Å². The third kappa shape index (κ3) is 4.36. The van der Waals surface area contributed by atoms with Gasteiger partial charge in [0.15, 0.2) is 0 Å². The molecular formula is C10H21NS. The van der Waals surface area contributed by atoms with Crippen molar-refractivity contribution < 1.29 is 0 Å². The van der Waals surface area contributed by atoms with Crippen LogP contribution in [0.4, 0.5) is 0 Å². The molecule has 0 spiro atoms. The van der Waals surface area contributed by atoms with Crippen LogP contribution < -0.4 is 5.32 Å². The van der Waals surface area contributed by atoms with Crippen LogP contribution in [0.5, 0.6) is 0 Å². The van der Waals surface area contributed by atoms with Crippen LogP contribution in [0.2, 0.25) is 0 Å². The standard InChI is InChI=1S/C10H21NS/c1-2-3-9-12-10-5-4-7-11-8-6-10/h10-11H,2-9H2,1H3. The summed E-state index contributed by atoms with van der Waals surface area (Å²) in [4.78, 5) is 0. The summed E-state index contributed by atoms with van der Waals surface area (Å²) in [6, 6.07) is 0. The minimum absolute atomic E-state index is 0.951. The lowest BCUT2D eigenvalue weighted by molar-refractivity contribution is 0.703. The Bertz CT molecular complexity index is 98.0. The van der Waals surface area contributed by atoms with E-state index in [9.17, 15) is 0 Å². The number of rotatable bonds is 4. The molecule has 0 amide bonds. The Balaban J connectivity index is 2.04. The van der Waals surface area contributed by atoms with Gasteiger partial charge in [-0.05, 0) is 44.5 Å². The van der Waals surface area contributed by atoms with Crippen LogP contribution in [0.25, 0.3) is 0 Å². The van der Waals surface area contributed by atoms with Crippen molar-refractivity contribution in [3.63, 3.8) is 0 Å². The zero-order valence-corrected chi connectivity index (χ0v) is 8.96. The van der Waals surface area contributed by atoms with E-state index in [1.165, 1.54) is 50.9 Å². The van der Waals surface area contributed by atoms with Crippen molar-refractivity contribution in [2.75, 3.05) is 18.8 Å². The molecule has 1 aliphatic heterocycles. The Morgan fingerprint density at radius 1 is 1.33 bits per heavy atom. The largest absolute Gasteiger partial charge is 0.317 e. The molecule has 1 heterocycles. The van der Waals surface area contributed by atoms with Crippen molar-refractivity contribution in [1.82, 2.24) is 5.32 Å². The van der Waals surface area contributed by atoms with Gasteiger partial charge < -0.3 is 5.32 Å². The van der Waals surface area contributed by atoms with Gasteiger partial charge in [0.1, 0.15) is 0 Å². The summed E-state index contributed by atoms with van der Waals surface area (Å²) in [5.74, 6) is 1.38. The SMILES string of the molecule is CCCCSC1CCCNCC1. The van der Waals surface area contributed by atoms with E-state index in [2.05, 4.69) is 24.0 Å². The smallest absolute Gasteiger partial charge is 0.00595 e. The molecule has 1 atom stereocenters. The van der Waals surface area contributed by atoms with Crippen molar-refractivity contribution in [2.24, 2.45) is 0 Å². The fourth-order valence-corrected chi connectivity index (χ4v) is 2.95. The predicted molar refractivity (Wildman–Crippen MR) is 57.9 cm³/mol. The van der Waals surface area contributed by atoms with Gasteiger partial charge in [-0.2, -0.15) is 11.8 Å². The van der Waals surface area contributed by atoms with Crippen molar-refractivity contribution in [1.29, 1.82) is 0 Å². The maximum atomic E-state index is 3.45. The molecule has 1 saturated heterocycles. The third-order valence-corrected chi connectivity index (χ3v) is 3.84. The number of nitrogens with one attached hydrogen (secondary N) is 1. The van der Waals surface area contributed by atoms with Crippen molar-refractivity contribution in [2.45, 2.75) is 44.3 Å². The topological polar surface area (TPSA) is 12.0 Å². The lowest BCUT2D eigenvalue weighted by Gasteiger charge is -2.12. The minimum Gasteiger partial charge on any atom is -0.317 e. The van der Waals surface area contributed by atoms with Gasteiger partial charge in [0.05, 0.1) is 0 Å². The molecule has 0 aliphatic carbocycles. The van der Waals surface area contributed by atoms with Crippen LogP contribution in [-0.4, -0.2) is 24.1 Å². The average Bonchev–Trinajstić information content (AvgIpc) is 2.33. The molecule has 0 saturated carbocycles. The molecule has 1 rings (SSSR count). The molecule has 1 nitrogen and oxygen atoms in total. The van der Waals surface area contributed by atoms with Gasteiger partial charge in [-0.3, -0.25) is 0 Å². The second-order valence-corrected chi connectivity index (χ2v) is 4.94. The Kier molecular flexibility index (Phi) is 5.88. The monoisotopic (exact) mass is 187 g/mol. The van der Waals surface area contributed by atoms with E-state index >= 15 is 0 Å². The molecule has 0 bridgehead atoms. The highest BCUT2D eigenvalue weighted by Gasteiger charge is 2.10. The van der Waals surface area contributed by atoms with Gasteiger partial charge in [0, 0.05) is 5.25 Å². The quantitative estimate of drug-likeness (QED) is 0.679. The molecule has 0 aromatic rings. The Labute approximate surface area is 80.7 Å². The second-order valence-electron chi connectivity index (χ2n) is 3.53. The van der Waals surface area contributed by atoms with E-state index in [0.29, 0.717) is 0 Å². The fraction of sp³-hybridized carbons (Fsp3) is 1.00. The molecular weight excluding hydrogens is 166 g/mol. The highest BCUT2D eigenvalue weighted by Crippen LogP contribution is 2.21. The number of hydrogen-bond acceptors (Lipinski definition) is 2. The first-order valence-electron chi connectivity index (χ1n) is 5.26. The fourth-order valence-electron chi connectivity index (χ4n) is 1.55. The van der Waals surface area contributed by atoms with Crippen LogP contribution in [-0.2, 0) is 0 Å². The van der Waals surface area contributed by atoms with E-state index in [0.717, 1.165) is 5.25 Å². The maximum absolute atomic E-state index is 3.45. The first kappa shape index (κ1) is 10.4. The predicted octanol–water partition coefficient (Wildman–Crippen LogP) is 2.66.